The lowest BCUT2D eigenvalue weighted by Gasteiger charge is -2.30. The van der Waals surface area contributed by atoms with Crippen LogP contribution in [0.5, 0.6) is 0 Å². The van der Waals surface area contributed by atoms with E-state index in [0.717, 1.165) is 19.4 Å². The van der Waals surface area contributed by atoms with Gasteiger partial charge in [0.25, 0.3) is 0 Å². The zero-order valence-corrected chi connectivity index (χ0v) is 11.2. The van der Waals surface area contributed by atoms with Gasteiger partial charge in [0.1, 0.15) is 0 Å². The summed E-state index contributed by atoms with van der Waals surface area (Å²) < 4.78 is 0. The highest BCUT2D eigenvalue weighted by molar-refractivity contribution is 5.87. The SMILES string of the molecule is CNC(=O)C(C)CN(C)C(=O)C1(C)CCCN1. The lowest BCUT2D eigenvalue weighted by Crippen LogP contribution is -2.53. The van der Waals surface area contributed by atoms with Gasteiger partial charge < -0.3 is 15.5 Å². The Labute approximate surface area is 103 Å². The Balaban J connectivity index is 2.55. The van der Waals surface area contributed by atoms with Crippen molar-refractivity contribution in [1.29, 1.82) is 0 Å². The van der Waals surface area contributed by atoms with Crippen LogP contribution in [0.3, 0.4) is 0 Å². The topological polar surface area (TPSA) is 61.4 Å². The van der Waals surface area contributed by atoms with Crippen molar-refractivity contribution in [3.8, 4) is 0 Å². The molecule has 2 amide bonds. The summed E-state index contributed by atoms with van der Waals surface area (Å²) in [6.45, 7) is 5.10. The molecule has 1 heterocycles. The summed E-state index contributed by atoms with van der Waals surface area (Å²) in [6.07, 6.45) is 1.89. The summed E-state index contributed by atoms with van der Waals surface area (Å²) in [4.78, 5) is 25.3. The average molecular weight is 241 g/mol. The van der Waals surface area contributed by atoms with Crippen LogP contribution in [0.15, 0.2) is 0 Å². The lowest BCUT2D eigenvalue weighted by atomic mass is 9.98. The van der Waals surface area contributed by atoms with E-state index in [9.17, 15) is 9.59 Å². The van der Waals surface area contributed by atoms with E-state index in [1.165, 1.54) is 0 Å². The fraction of sp³-hybridized carbons (Fsp3) is 0.833. The first-order valence-corrected chi connectivity index (χ1v) is 6.13. The molecule has 98 valence electrons. The molecule has 1 aliphatic heterocycles. The second-order valence-electron chi connectivity index (χ2n) is 5.06. The number of nitrogens with one attached hydrogen (secondary N) is 2. The Morgan fingerprint density at radius 3 is 2.65 bits per heavy atom. The van der Waals surface area contributed by atoms with E-state index in [2.05, 4.69) is 10.6 Å². The van der Waals surface area contributed by atoms with E-state index in [-0.39, 0.29) is 17.7 Å². The standard InChI is InChI=1S/C12H23N3O2/c1-9(10(16)13-3)8-15(4)11(17)12(2)6-5-7-14-12/h9,14H,5-8H2,1-4H3,(H,13,16). The second kappa shape index (κ2) is 5.49. The third-order valence-corrected chi connectivity index (χ3v) is 3.43. The van der Waals surface area contributed by atoms with E-state index in [1.54, 1.807) is 19.0 Å². The van der Waals surface area contributed by atoms with Crippen molar-refractivity contribution in [3.63, 3.8) is 0 Å². The number of hydrogen-bond donors (Lipinski definition) is 2. The molecule has 5 nitrogen and oxygen atoms in total. The molecule has 2 unspecified atom stereocenters. The predicted octanol–water partition coefficient (Wildman–Crippen LogP) is -0.0310. The van der Waals surface area contributed by atoms with Gasteiger partial charge in [0, 0.05) is 20.6 Å². The van der Waals surface area contributed by atoms with E-state index in [0.29, 0.717) is 6.54 Å². The molecular formula is C12H23N3O2. The summed E-state index contributed by atoms with van der Waals surface area (Å²) >= 11 is 0. The van der Waals surface area contributed by atoms with Crippen LogP contribution >= 0.6 is 0 Å². The van der Waals surface area contributed by atoms with Gasteiger partial charge in [-0.2, -0.15) is 0 Å². The van der Waals surface area contributed by atoms with Crippen LogP contribution in [0.25, 0.3) is 0 Å². The van der Waals surface area contributed by atoms with Gasteiger partial charge in [-0.1, -0.05) is 6.92 Å². The number of hydrogen-bond acceptors (Lipinski definition) is 3. The average Bonchev–Trinajstić information content (AvgIpc) is 2.75. The maximum Gasteiger partial charge on any atom is 0.242 e. The Morgan fingerprint density at radius 1 is 1.53 bits per heavy atom. The molecule has 17 heavy (non-hydrogen) atoms. The summed E-state index contributed by atoms with van der Waals surface area (Å²) in [6, 6.07) is 0. The number of likely N-dealkylation sites (N-methyl/N-ethyl adjacent to an activating group) is 1. The van der Waals surface area contributed by atoms with E-state index in [1.807, 2.05) is 13.8 Å². The zero-order valence-electron chi connectivity index (χ0n) is 11.2. The molecule has 0 aromatic carbocycles. The molecule has 2 N–H and O–H groups in total. The van der Waals surface area contributed by atoms with Gasteiger partial charge in [0.15, 0.2) is 0 Å². The Morgan fingerprint density at radius 2 is 2.18 bits per heavy atom. The normalized spacial score (nSPS) is 25.4. The van der Waals surface area contributed by atoms with Crippen molar-refractivity contribution >= 4 is 11.8 Å². The maximum absolute atomic E-state index is 12.2. The van der Waals surface area contributed by atoms with Crippen molar-refractivity contribution in [1.82, 2.24) is 15.5 Å². The first-order chi connectivity index (χ1) is 7.90. The van der Waals surface area contributed by atoms with Crippen molar-refractivity contribution < 1.29 is 9.59 Å². The van der Waals surface area contributed by atoms with Crippen molar-refractivity contribution in [3.05, 3.63) is 0 Å². The highest BCUT2D eigenvalue weighted by Gasteiger charge is 2.38. The van der Waals surface area contributed by atoms with E-state index in [4.69, 9.17) is 0 Å². The maximum atomic E-state index is 12.2. The third-order valence-electron chi connectivity index (χ3n) is 3.43. The predicted molar refractivity (Wildman–Crippen MR) is 66.5 cm³/mol. The molecule has 0 aliphatic carbocycles. The summed E-state index contributed by atoms with van der Waals surface area (Å²) in [5.74, 6) is -0.140. The third kappa shape index (κ3) is 3.19. The molecule has 1 saturated heterocycles. The molecule has 1 rings (SSSR count). The molecule has 0 bridgehead atoms. The van der Waals surface area contributed by atoms with Gasteiger partial charge >= 0.3 is 0 Å². The minimum atomic E-state index is -0.447. The van der Waals surface area contributed by atoms with Gasteiger partial charge in [0.05, 0.1) is 11.5 Å². The van der Waals surface area contributed by atoms with Gasteiger partial charge in [-0.15, -0.1) is 0 Å². The van der Waals surface area contributed by atoms with E-state index >= 15 is 0 Å². The molecule has 2 atom stereocenters. The Hall–Kier alpha value is -1.10. The fourth-order valence-electron chi connectivity index (χ4n) is 2.32. The summed E-state index contributed by atoms with van der Waals surface area (Å²) in [5.41, 5.74) is -0.447. The van der Waals surface area contributed by atoms with Crippen LogP contribution in [0, 0.1) is 5.92 Å². The number of nitrogens with zero attached hydrogens (tertiary/aromatic N) is 1. The van der Waals surface area contributed by atoms with Gasteiger partial charge in [-0.25, -0.2) is 0 Å². The monoisotopic (exact) mass is 241 g/mol. The van der Waals surface area contributed by atoms with Crippen LogP contribution in [0.1, 0.15) is 26.7 Å². The van der Waals surface area contributed by atoms with Crippen molar-refractivity contribution in [2.24, 2.45) is 5.92 Å². The molecule has 5 heteroatoms. The summed E-state index contributed by atoms with van der Waals surface area (Å²) in [5, 5.41) is 5.83. The minimum Gasteiger partial charge on any atom is -0.359 e. The zero-order chi connectivity index (χ0) is 13.1. The van der Waals surface area contributed by atoms with Crippen molar-refractivity contribution in [2.75, 3.05) is 27.2 Å². The largest absolute Gasteiger partial charge is 0.359 e. The highest BCUT2D eigenvalue weighted by atomic mass is 16.2. The van der Waals surface area contributed by atoms with Crippen LogP contribution < -0.4 is 10.6 Å². The van der Waals surface area contributed by atoms with E-state index < -0.39 is 5.54 Å². The molecule has 0 spiro atoms. The first kappa shape index (κ1) is 14.0. The number of carbonyl (C=O) groups excluding carboxylic acids is 2. The molecule has 0 aromatic rings. The molecule has 0 aromatic heterocycles. The van der Waals surface area contributed by atoms with Crippen LogP contribution in [0.2, 0.25) is 0 Å². The molecule has 0 saturated carbocycles. The van der Waals surface area contributed by atoms with Crippen LogP contribution in [0.4, 0.5) is 0 Å². The van der Waals surface area contributed by atoms with Crippen molar-refractivity contribution in [2.45, 2.75) is 32.2 Å². The number of amides is 2. The lowest BCUT2D eigenvalue weighted by molar-refractivity contribution is -0.137. The second-order valence-corrected chi connectivity index (χ2v) is 5.06. The van der Waals surface area contributed by atoms with Crippen LogP contribution in [-0.4, -0.2) is 49.4 Å². The molecule has 1 fully saturated rings. The summed E-state index contributed by atoms with van der Waals surface area (Å²) in [7, 11) is 3.37. The number of rotatable bonds is 4. The van der Waals surface area contributed by atoms with Gasteiger partial charge in [-0.3, -0.25) is 9.59 Å². The first-order valence-electron chi connectivity index (χ1n) is 6.13. The quantitative estimate of drug-likeness (QED) is 0.726. The van der Waals surface area contributed by atoms with Crippen LogP contribution in [-0.2, 0) is 9.59 Å². The Kier molecular flexibility index (Phi) is 4.51. The minimum absolute atomic E-state index is 0.0332. The Bertz CT molecular complexity index is 298. The molecular weight excluding hydrogens is 218 g/mol. The van der Waals surface area contributed by atoms with Gasteiger partial charge in [0.2, 0.25) is 11.8 Å². The highest BCUT2D eigenvalue weighted by Crippen LogP contribution is 2.21. The van der Waals surface area contributed by atoms with Gasteiger partial charge in [-0.05, 0) is 26.3 Å². The smallest absolute Gasteiger partial charge is 0.242 e. The molecule has 1 aliphatic rings. The molecule has 0 radical (unpaired) electrons. The number of carbonyl (C=O) groups is 2. The fourth-order valence-corrected chi connectivity index (χ4v) is 2.32.